The minimum Gasteiger partial charge on any atom is -0.350 e. The molecule has 1 aromatic heterocycles. The molecule has 1 fully saturated rings. The number of rotatable bonds is 5. The van der Waals surface area contributed by atoms with E-state index in [0.29, 0.717) is 12.1 Å². The lowest BCUT2D eigenvalue weighted by atomic mass is 10.1. The van der Waals surface area contributed by atoms with Gasteiger partial charge < -0.3 is 10.2 Å². The highest BCUT2D eigenvalue weighted by atomic mass is 35.5. The van der Waals surface area contributed by atoms with Crippen molar-refractivity contribution in [3.8, 4) is 0 Å². The van der Waals surface area contributed by atoms with Crippen LogP contribution in [0.2, 0.25) is 5.02 Å². The number of carbonyl (C=O) groups excluding carboxylic acids is 2. The van der Waals surface area contributed by atoms with Gasteiger partial charge in [-0.25, -0.2) is 0 Å². The van der Waals surface area contributed by atoms with E-state index in [0.717, 1.165) is 6.07 Å². The van der Waals surface area contributed by atoms with Crippen LogP contribution < -0.4 is 5.32 Å². The molecule has 9 heteroatoms. The predicted molar refractivity (Wildman–Crippen MR) is 96.1 cm³/mol. The summed E-state index contributed by atoms with van der Waals surface area (Å²) in [7, 11) is 0. The molecule has 148 valence electrons. The van der Waals surface area contributed by atoms with Crippen molar-refractivity contribution >= 4 is 23.4 Å². The summed E-state index contributed by atoms with van der Waals surface area (Å²) in [6, 6.07) is 8.14. The molecule has 1 aliphatic rings. The fourth-order valence-electron chi connectivity index (χ4n) is 3.11. The molecule has 0 saturated carbocycles. The van der Waals surface area contributed by atoms with Gasteiger partial charge in [-0.1, -0.05) is 29.8 Å². The molecule has 1 atom stereocenters. The van der Waals surface area contributed by atoms with E-state index in [-0.39, 0.29) is 31.0 Å². The zero-order valence-corrected chi connectivity index (χ0v) is 15.4. The zero-order valence-electron chi connectivity index (χ0n) is 14.7. The first-order valence-electron chi connectivity index (χ1n) is 8.59. The summed E-state index contributed by atoms with van der Waals surface area (Å²) in [5, 5.41) is 2.15. The molecule has 1 N–H and O–H groups in total. The fourth-order valence-corrected chi connectivity index (χ4v) is 3.41. The van der Waals surface area contributed by atoms with Crippen molar-refractivity contribution in [1.82, 2.24) is 15.2 Å². The molecule has 1 saturated heterocycles. The van der Waals surface area contributed by atoms with Crippen molar-refractivity contribution < 1.29 is 22.8 Å². The third-order valence-corrected chi connectivity index (χ3v) is 4.97. The Morgan fingerprint density at radius 2 is 2.04 bits per heavy atom. The van der Waals surface area contributed by atoms with Gasteiger partial charge in [0.15, 0.2) is 0 Å². The van der Waals surface area contributed by atoms with Crippen molar-refractivity contribution in [2.75, 3.05) is 0 Å². The Kier molecular flexibility index (Phi) is 5.88. The Balaban J connectivity index is 1.68. The van der Waals surface area contributed by atoms with E-state index in [4.69, 9.17) is 11.6 Å². The van der Waals surface area contributed by atoms with Crippen molar-refractivity contribution in [3.63, 3.8) is 0 Å². The standard InChI is InChI=1S/C19H17ClF3N3O2/c20-17-12(4-3-6-14(17)19(21,22)23)10-25-18(28)15-7-8-16(27)26(15)11-13-5-1-2-9-24-13/h1-6,9,15H,7-8,10-11H2,(H,25,28)/t15-/m1/s1. The molecule has 0 aliphatic carbocycles. The van der Waals surface area contributed by atoms with Crippen LogP contribution in [0.15, 0.2) is 42.6 Å². The molecule has 0 bridgehead atoms. The summed E-state index contributed by atoms with van der Waals surface area (Å²) >= 11 is 5.85. The van der Waals surface area contributed by atoms with Crippen LogP contribution >= 0.6 is 11.6 Å². The highest BCUT2D eigenvalue weighted by Crippen LogP contribution is 2.36. The quantitative estimate of drug-likeness (QED) is 0.818. The van der Waals surface area contributed by atoms with Gasteiger partial charge in [0.05, 0.1) is 22.8 Å². The van der Waals surface area contributed by atoms with Gasteiger partial charge in [-0.05, 0) is 30.2 Å². The van der Waals surface area contributed by atoms with Gasteiger partial charge in [-0.15, -0.1) is 0 Å². The smallest absolute Gasteiger partial charge is 0.350 e. The summed E-state index contributed by atoms with van der Waals surface area (Å²) in [6.07, 6.45) is -2.40. The predicted octanol–water partition coefficient (Wildman–Crippen LogP) is 3.56. The Morgan fingerprint density at radius 1 is 1.25 bits per heavy atom. The second kappa shape index (κ2) is 8.18. The van der Waals surface area contributed by atoms with Gasteiger partial charge in [-0.3, -0.25) is 14.6 Å². The summed E-state index contributed by atoms with van der Waals surface area (Å²) in [5.41, 5.74) is -0.143. The van der Waals surface area contributed by atoms with Crippen molar-refractivity contribution in [2.45, 2.75) is 38.1 Å². The van der Waals surface area contributed by atoms with Crippen LogP contribution in [0.5, 0.6) is 0 Å². The lowest BCUT2D eigenvalue weighted by Crippen LogP contribution is -2.44. The number of hydrogen-bond donors (Lipinski definition) is 1. The number of carbonyl (C=O) groups is 2. The lowest BCUT2D eigenvalue weighted by Gasteiger charge is -2.24. The van der Waals surface area contributed by atoms with Gasteiger partial charge in [0, 0.05) is 19.2 Å². The molecule has 3 rings (SSSR count). The fraction of sp³-hybridized carbons (Fsp3) is 0.316. The zero-order chi connectivity index (χ0) is 20.3. The summed E-state index contributed by atoms with van der Waals surface area (Å²) in [4.78, 5) is 30.3. The van der Waals surface area contributed by atoms with Crippen LogP contribution in [0, 0.1) is 0 Å². The number of nitrogens with zero attached hydrogens (tertiary/aromatic N) is 2. The molecule has 28 heavy (non-hydrogen) atoms. The molecule has 2 aromatic rings. The number of aromatic nitrogens is 1. The molecule has 1 aliphatic heterocycles. The number of hydrogen-bond acceptors (Lipinski definition) is 3. The van der Waals surface area contributed by atoms with E-state index >= 15 is 0 Å². The van der Waals surface area contributed by atoms with Crippen molar-refractivity contribution in [2.24, 2.45) is 0 Å². The monoisotopic (exact) mass is 411 g/mol. The van der Waals surface area contributed by atoms with E-state index in [1.54, 1.807) is 24.4 Å². The maximum absolute atomic E-state index is 13.0. The Morgan fingerprint density at radius 3 is 2.71 bits per heavy atom. The Hall–Kier alpha value is -2.61. The van der Waals surface area contributed by atoms with Crippen molar-refractivity contribution in [3.05, 3.63) is 64.4 Å². The second-order valence-electron chi connectivity index (χ2n) is 6.39. The van der Waals surface area contributed by atoms with Crippen LogP contribution in [-0.4, -0.2) is 27.7 Å². The number of nitrogens with one attached hydrogen (secondary N) is 1. The minimum atomic E-state index is -4.57. The SMILES string of the molecule is O=C(NCc1cccc(C(F)(F)F)c1Cl)[C@H]1CCC(=O)N1Cc1ccccn1. The lowest BCUT2D eigenvalue weighted by molar-refractivity contribution is -0.137. The Bertz CT molecular complexity index is 874. The maximum atomic E-state index is 13.0. The molecule has 0 unspecified atom stereocenters. The highest BCUT2D eigenvalue weighted by Gasteiger charge is 2.37. The number of likely N-dealkylation sites (tertiary alicyclic amines) is 1. The molecule has 2 heterocycles. The van der Waals surface area contributed by atoms with Gasteiger partial charge in [0.2, 0.25) is 11.8 Å². The van der Waals surface area contributed by atoms with E-state index < -0.39 is 28.7 Å². The summed E-state index contributed by atoms with van der Waals surface area (Å²) < 4.78 is 38.9. The molecule has 0 radical (unpaired) electrons. The summed E-state index contributed by atoms with van der Waals surface area (Å²) in [5.74, 6) is -0.599. The van der Waals surface area contributed by atoms with Crippen LogP contribution in [0.4, 0.5) is 13.2 Å². The molecular formula is C19H17ClF3N3O2. The molecular weight excluding hydrogens is 395 g/mol. The third kappa shape index (κ3) is 4.44. The average molecular weight is 412 g/mol. The first-order chi connectivity index (χ1) is 13.3. The van der Waals surface area contributed by atoms with E-state index in [2.05, 4.69) is 10.3 Å². The maximum Gasteiger partial charge on any atom is 0.417 e. The normalized spacial score (nSPS) is 17.1. The minimum absolute atomic E-state index is 0.158. The molecule has 0 spiro atoms. The number of halogens is 4. The van der Waals surface area contributed by atoms with Crippen molar-refractivity contribution in [1.29, 1.82) is 0 Å². The molecule has 1 aromatic carbocycles. The number of amides is 2. The average Bonchev–Trinajstić information content (AvgIpc) is 3.01. The first-order valence-corrected chi connectivity index (χ1v) is 8.97. The summed E-state index contributed by atoms with van der Waals surface area (Å²) in [6.45, 7) is 0.0335. The number of pyridine rings is 1. The second-order valence-corrected chi connectivity index (χ2v) is 6.77. The van der Waals surface area contributed by atoms with Gasteiger partial charge in [0.1, 0.15) is 6.04 Å². The van der Waals surface area contributed by atoms with E-state index in [9.17, 15) is 22.8 Å². The van der Waals surface area contributed by atoms with Gasteiger partial charge in [0.25, 0.3) is 0 Å². The molecule has 5 nitrogen and oxygen atoms in total. The highest BCUT2D eigenvalue weighted by molar-refractivity contribution is 6.32. The van der Waals surface area contributed by atoms with Crippen LogP contribution in [0.3, 0.4) is 0 Å². The largest absolute Gasteiger partial charge is 0.417 e. The Labute approximate surface area is 164 Å². The van der Waals surface area contributed by atoms with Crippen LogP contribution in [0.25, 0.3) is 0 Å². The number of benzene rings is 1. The van der Waals surface area contributed by atoms with Crippen LogP contribution in [0.1, 0.15) is 29.7 Å². The van der Waals surface area contributed by atoms with Gasteiger partial charge >= 0.3 is 6.18 Å². The van der Waals surface area contributed by atoms with E-state index in [1.807, 2.05) is 0 Å². The number of alkyl halides is 3. The molecule has 2 amide bonds. The van der Waals surface area contributed by atoms with Gasteiger partial charge in [-0.2, -0.15) is 13.2 Å². The first kappa shape index (κ1) is 20.1. The third-order valence-electron chi connectivity index (χ3n) is 4.53. The van der Waals surface area contributed by atoms with E-state index in [1.165, 1.54) is 17.0 Å². The van der Waals surface area contributed by atoms with Crippen LogP contribution in [-0.2, 0) is 28.9 Å². The topological polar surface area (TPSA) is 62.3 Å².